The van der Waals surface area contributed by atoms with Crippen LogP contribution >= 0.6 is 0 Å². The van der Waals surface area contributed by atoms with Crippen LogP contribution in [-0.4, -0.2) is 28.7 Å². The van der Waals surface area contributed by atoms with E-state index in [-0.39, 0.29) is 12.4 Å². The summed E-state index contributed by atoms with van der Waals surface area (Å²) in [7, 11) is 0. The monoisotopic (exact) mass is 245 g/mol. The fourth-order valence-electron chi connectivity index (χ4n) is 1.99. The molecule has 1 aliphatic rings. The SMILES string of the molecule is FC(F)n1ccnc1COCC1CCCCN1. The Morgan fingerprint density at radius 3 is 3.12 bits per heavy atom. The molecule has 1 N–H and O–H groups in total. The number of nitrogens with zero attached hydrogens (tertiary/aromatic N) is 2. The van der Waals surface area contributed by atoms with Gasteiger partial charge in [0.15, 0.2) is 0 Å². The molecule has 1 saturated heterocycles. The second-order valence-electron chi connectivity index (χ2n) is 4.19. The van der Waals surface area contributed by atoms with Gasteiger partial charge in [-0.1, -0.05) is 6.42 Å². The molecule has 96 valence electrons. The Hall–Kier alpha value is -1.01. The molecule has 0 bridgehead atoms. The zero-order chi connectivity index (χ0) is 12.1. The van der Waals surface area contributed by atoms with Gasteiger partial charge in [-0.15, -0.1) is 0 Å². The van der Waals surface area contributed by atoms with Gasteiger partial charge in [0.05, 0.1) is 6.61 Å². The topological polar surface area (TPSA) is 39.1 Å². The molecule has 1 aromatic heterocycles. The highest BCUT2D eigenvalue weighted by Crippen LogP contribution is 2.13. The van der Waals surface area contributed by atoms with Crippen molar-refractivity contribution >= 4 is 0 Å². The minimum atomic E-state index is -2.55. The lowest BCUT2D eigenvalue weighted by atomic mass is 10.1. The van der Waals surface area contributed by atoms with E-state index < -0.39 is 6.55 Å². The summed E-state index contributed by atoms with van der Waals surface area (Å²) in [6, 6.07) is 0.346. The Labute approximate surface area is 99.0 Å². The van der Waals surface area contributed by atoms with E-state index in [9.17, 15) is 8.78 Å². The van der Waals surface area contributed by atoms with E-state index in [0.717, 1.165) is 17.5 Å². The zero-order valence-corrected chi connectivity index (χ0v) is 9.61. The molecule has 0 aliphatic carbocycles. The number of imidazole rings is 1. The van der Waals surface area contributed by atoms with Gasteiger partial charge in [-0.05, 0) is 19.4 Å². The molecule has 1 atom stereocenters. The summed E-state index contributed by atoms with van der Waals surface area (Å²) in [4.78, 5) is 3.86. The van der Waals surface area contributed by atoms with Crippen molar-refractivity contribution in [2.45, 2.75) is 38.5 Å². The third-order valence-electron chi connectivity index (χ3n) is 2.92. The van der Waals surface area contributed by atoms with Crippen molar-refractivity contribution in [2.75, 3.05) is 13.2 Å². The Kier molecular flexibility index (Phi) is 4.44. The van der Waals surface area contributed by atoms with Crippen molar-refractivity contribution in [2.24, 2.45) is 0 Å². The van der Waals surface area contributed by atoms with E-state index in [1.807, 2.05) is 0 Å². The predicted octanol–water partition coefficient (Wildman–Crippen LogP) is 1.94. The highest BCUT2D eigenvalue weighted by atomic mass is 19.3. The third kappa shape index (κ3) is 3.47. The van der Waals surface area contributed by atoms with Crippen molar-refractivity contribution in [3.05, 3.63) is 18.2 Å². The zero-order valence-electron chi connectivity index (χ0n) is 9.61. The minimum absolute atomic E-state index is 0.134. The number of piperidine rings is 1. The first-order chi connectivity index (χ1) is 8.27. The number of ether oxygens (including phenoxy) is 1. The van der Waals surface area contributed by atoms with Crippen LogP contribution in [-0.2, 0) is 11.3 Å². The summed E-state index contributed by atoms with van der Waals surface area (Å²) >= 11 is 0. The number of nitrogens with one attached hydrogen (secondary N) is 1. The summed E-state index contributed by atoms with van der Waals surface area (Å²) in [5, 5.41) is 3.34. The third-order valence-corrected chi connectivity index (χ3v) is 2.92. The molecule has 1 unspecified atom stereocenters. The van der Waals surface area contributed by atoms with Crippen LogP contribution in [0, 0.1) is 0 Å². The first-order valence-corrected chi connectivity index (χ1v) is 5.88. The van der Waals surface area contributed by atoms with Crippen molar-refractivity contribution in [1.29, 1.82) is 0 Å². The van der Waals surface area contributed by atoms with Gasteiger partial charge >= 0.3 is 6.55 Å². The Morgan fingerprint density at radius 1 is 1.53 bits per heavy atom. The average Bonchev–Trinajstić information content (AvgIpc) is 2.79. The largest absolute Gasteiger partial charge is 0.372 e. The minimum Gasteiger partial charge on any atom is -0.372 e. The fourth-order valence-corrected chi connectivity index (χ4v) is 1.99. The molecule has 0 saturated carbocycles. The van der Waals surface area contributed by atoms with E-state index in [2.05, 4.69) is 10.3 Å². The lowest BCUT2D eigenvalue weighted by Gasteiger charge is -2.23. The van der Waals surface area contributed by atoms with Gasteiger partial charge in [-0.25, -0.2) is 4.98 Å². The van der Waals surface area contributed by atoms with Crippen LogP contribution in [0.15, 0.2) is 12.4 Å². The quantitative estimate of drug-likeness (QED) is 0.861. The Balaban J connectivity index is 1.75. The lowest BCUT2D eigenvalue weighted by molar-refractivity contribution is 0.0465. The molecule has 2 heterocycles. The van der Waals surface area contributed by atoms with E-state index in [1.54, 1.807) is 0 Å². The molecule has 0 spiro atoms. The van der Waals surface area contributed by atoms with Crippen LogP contribution in [0.3, 0.4) is 0 Å². The van der Waals surface area contributed by atoms with Gasteiger partial charge in [0.1, 0.15) is 12.4 Å². The molecule has 1 fully saturated rings. The summed E-state index contributed by atoms with van der Waals surface area (Å²) in [6.07, 6.45) is 6.12. The molecule has 0 radical (unpaired) electrons. The summed E-state index contributed by atoms with van der Waals surface area (Å²) in [5.74, 6) is 0.274. The molecule has 0 aromatic carbocycles. The van der Waals surface area contributed by atoms with Gasteiger partial charge in [-0.3, -0.25) is 4.57 Å². The second-order valence-corrected chi connectivity index (χ2v) is 4.19. The van der Waals surface area contributed by atoms with E-state index in [1.165, 1.54) is 25.2 Å². The number of aromatic nitrogens is 2. The maximum atomic E-state index is 12.5. The smallest absolute Gasteiger partial charge is 0.320 e. The summed E-state index contributed by atoms with van der Waals surface area (Å²) < 4.78 is 31.3. The number of alkyl halides is 2. The normalized spacial score (nSPS) is 21.0. The van der Waals surface area contributed by atoms with Gasteiger partial charge < -0.3 is 10.1 Å². The first kappa shape index (κ1) is 12.4. The molecule has 17 heavy (non-hydrogen) atoms. The molecule has 6 heteroatoms. The Morgan fingerprint density at radius 2 is 2.41 bits per heavy atom. The summed E-state index contributed by atoms with van der Waals surface area (Å²) in [5.41, 5.74) is 0. The molecule has 2 rings (SSSR count). The van der Waals surface area contributed by atoms with Gasteiger partial charge in [0, 0.05) is 18.4 Å². The highest BCUT2D eigenvalue weighted by molar-refractivity contribution is 4.90. The maximum absolute atomic E-state index is 12.5. The standard InChI is InChI=1S/C11H17F2N3O/c12-11(13)16-6-5-15-10(16)8-17-7-9-3-1-2-4-14-9/h5-6,9,11,14H,1-4,7-8H2. The number of halogens is 2. The molecule has 4 nitrogen and oxygen atoms in total. The van der Waals surface area contributed by atoms with Gasteiger partial charge in [0.2, 0.25) is 0 Å². The van der Waals surface area contributed by atoms with E-state index >= 15 is 0 Å². The second kappa shape index (κ2) is 6.07. The van der Waals surface area contributed by atoms with Crippen LogP contribution in [0.4, 0.5) is 8.78 Å². The molecule has 1 aromatic rings. The number of hydrogen-bond acceptors (Lipinski definition) is 3. The average molecular weight is 245 g/mol. The molecular formula is C11H17F2N3O. The van der Waals surface area contributed by atoms with Crippen LogP contribution < -0.4 is 5.32 Å². The lowest BCUT2D eigenvalue weighted by Crippen LogP contribution is -2.37. The first-order valence-electron chi connectivity index (χ1n) is 5.88. The van der Waals surface area contributed by atoms with Crippen LogP contribution in [0.2, 0.25) is 0 Å². The van der Waals surface area contributed by atoms with E-state index in [0.29, 0.717) is 12.6 Å². The maximum Gasteiger partial charge on any atom is 0.320 e. The number of hydrogen-bond donors (Lipinski definition) is 1. The van der Waals surface area contributed by atoms with Crippen LogP contribution in [0.1, 0.15) is 31.6 Å². The summed E-state index contributed by atoms with van der Waals surface area (Å²) in [6.45, 7) is -0.852. The van der Waals surface area contributed by atoms with Crippen LogP contribution in [0.5, 0.6) is 0 Å². The van der Waals surface area contributed by atoms with Crippen molar-refractivity contribution in [1.82, 2.24) is 14.9 Å². The number of rotatable bonds is 5. The van der Waals surface area contributed by atoms with Gasteiger partial charge in [0.25, 0.3) is 0 Å². The molecule has 0 amide bonds. The van der Waals surface area contributed by atoms with Crippen molar-refractivity contribution in [3.63, 3.8) is 0 Å². The predicted molar refractivity (Wildman–Crippen MR) is 58.8 cm³/mol. The molecular weight excluding hydrogens is 228 g/mol. The van der Waals surface area contributed by atoms with Crippen LogP contribution in [0.25, 0.3) is 0 Å². The molecule has 1 aliphatic heterocycles. The van der Waals surface area contributed by atoms with Gasteiger partial charge in [-0.2, -0.15) is 8.78 Å². The van der Waals surface area contributed by atoms with Crippen molar-refractivity contribution < 1.29 is 13.5 Å². The van der Waals surface area contributed by atoms with E-state index in [4.69, 9.17) is 4.74 Å². The Bertz CT molecular complexity index is 337. The fraction of sp³-hybridized carbons (Fsp3) is 0.727. The highest BCUT2D eigenvalue weighted by Gasteiger charge is 2.14. The van der Waals surface area contributed by atoms with Crippen molar-refractivity contribution in [3.8, 4) is 0 Å².